The molecule has 1 amide bonds. The summed E-state index contributed by atoms with van der Waals surface area (Å²) < 4.78 is 16.9. The number of unbranched alkanes of at least 4 members (excludes halogenated alkanes) is 2. The molecule has 0 bridgehead atoms. The minimum Gasteiger partial charge on any atom is -0.507 e. The molecule has 4 rings (SSSR count). The van der Waals surface area contributed by atoms with Crippen molar-refractivity contribution >= 4 is 17.4 Å². The molecule has 1 N–H and O–H groups in total. The number of carbonyl (C=O) groups excluding carboxylic acids is 2. The normalized spacial score (nSPS) is 20.7. The van der Waals surface area contributed by atoms with Crippen LogP contribution >= 0.6 is 0 Å². The zero-order valence-corrected chi connectivity index (χ0v) is 20.6. The molecule has 0 saturated carbocycles. The number of aliphatic hydroxyl groups excluding tert-OH is 1. The lowest BCUT2D eigenvalue weighted by Crippen LogP contribution is -2.32. The third-order valence-electron chi connectivity index (χ3n) is 6.44. The molecule has 2 aliphatic rings. The van der Waals surface area contributed by atoms with Gasteiger partial charge in [-0.15, -0.1) is 0 Å². The molecule has 0 spiro atoms. The van der Waals surface area contributed by atoms with E-state index in [2.05, 4.69) is 6.92 Å². The van der Waals surface area contributed by atoms with Gasteiger partial charge in [-0.1, -0.05) is 31.9 Å². The van der Waals surface area contributed by atoms with E-state index in [9.17, 15) is 14.7 Å². The summed E-state index contributed by atoms with van der Waals surface area (Å²) in [5, 5.41) is 11.3. The SMILES string of the molecule is CCCCCOc1cccc([C@@H]2/C(=C(\O)c3ccc4c(c3)C[C@H](C)O4)C(=O)C(=O)N2CCOC)c1. The van der Waals surface area contributed by atoms with E-state index in [-0.39, 0.29) is 30.6 Å². The molecule has 7 nitrogen and oxygen atoms in total. The highest BCUT2D eigenvalue weighted by Crippen LogP contribution is 2.41. The van der Waals surface area contributed by atoms with Crippen LogP contribution in [0.5, 0.6) is 11.5 Å². The summed E-state index contributed by atoms with van der Waals surface area (Å²) in [6.07, 6.45) is 3.92. The van der Waals surface area contributed by atoms with Gasteiger partial charge >= 0.3 is 0 Å². The van der Waals surface area contributed by atoms with E-state index in [0.29, 0.717) is 23.5 Å². The van der Waals surface area contributed by atoms with E-state index >= 15 is 0 Å². The van der Waals surface area contributed by atoms with Gasteiger partial charge in [0.05, 0.1) is 24.8 Å². The average Bonchev–Trinajstić information content (AvgIpc) is 3.35. The van der Waals surface area contributed by atoms with Gasteiger partial charge in [0.25, 0.3) is 11.7 Å². The quantitative estimate of drug-likeness (QED) is 0.231. The van der Waals surface area contributed by atoms with Crippen LogP contribution in [0.25, 0.3) is 5.76 Å². The molecule has 2 aromatic rings. The Hall–Kier alpha value is -3.32. The van der Waals surface area contributed by atoms with Crippen LogP contribution in [0.3, 0.4) is 0 Å². The van der Waals surface area contributed by atoms with Crippen LogP contribution in [0.4, 0.5) is 0 Å². The van der Waals surface area contributed by atoms with Gasteiger partial charge < -0.3 is 24.2 Å². The second-order valence-corrected chi connectivity index (χ2v) is 9.07. The molecule has 35 heavy (non-hydrogen) atoms. The van der Waals surface area contributed by atoms with Crippen LogP contribution in [0.15, 0.2) is 48.0 Å². The van der Waals surface area contributed by atoms with Crippen LogP contribution in [0, 0.1) is 0 Å². The Bertz CT molecular complexity index is 1120. The number of nitrogens with zero attached hydrogens (tertiary/aromatic N) is 1. The first kappa shape index (κ1) is 24.8. The fourth-order valence-corrected chi connectivity index (χ4v) is 4.69. The van der Waals surface area contributed by atoms with Crippen molar-refractivity contribution in [2.75, 3.05) is 26.9 Å². The molecule has 7 heteroatoms. The van der Waals surface area contributed by atoms with Gasteiger partial charge in [0, 0.05) is 25.6 Å². The fraction of sp³-hybridized carbons (Fsp3) is 0.429. The third kappa shape index (κ3) is 5.20. The lowest BCUT2D eigenvalue weighted by atomic mass is 9.94. The number of methoxy groups -OCH3 is 1. The van der Waals surface area contributed by atoms with Crippen molar-refractivity contribution in [3.8, 4) is 11.5 Å². The molecular formula is C28H33NO6. The predicted octanol–water partition coefficient (Wildman–Crippen LogP) is 4.65. The maximum Gasteiger partial charge on any atom is 0.295 e. The first-order valence-electron chi connectivity index (χ1n) is 12.2. The molecule has 2 heterocycles. The number of ether oxygens (including phenoxy) is 3. The molecule has 1 saturated heterocycles. The highest BCUT2D eigenvalue weighted by molar-refractivity contribution is 6.46. The van der Waals surface area contributed by atoms with E-state index < -0.39 is 17.7 Å². The van der Waals surface area contributed by atoms with Crippen molar-refractivity contribution < 1.29 is 28.9 Å². The first-order chi connectivity index (χ1) is 16.9. The van der Waals surface area contributed by atoms with Crippen molar-refractivity contribution in [2.45, 2.75) is 51.7 Å². The number of hydrogen-bond acceptors (Lipinski definition) is 6. The number of fused-ring (bicyclic) bond motifs is 1. The number of Topliss-reactive ketones (excluding diaryl/α,β-unsaturated/α-hetero) is 1. The van der Waals surface area contributed by atoms with Crippen LogP contribution < -0.4 is 9.47 Å². The summed E-state index contributed by atoms with van der Waals surface area (Å²) in [5.74, 6) is -0.104. The Labute approximate surface area is 206 Å². The second-order valence-electron chi connectivity index (χ2n) is 9.07. The lowest BCUT2D eigenvalue weighted by molar-refractivity contribution is -0.140. The van der Waals surface area contributed by atoms with E-state index in [1.165, 1.54) is 4.90 Å². The van der Waals surface area contributed by atoms with Crippen LogP contribution in [-0.2, 0) is 20.7 Å². The van der Waals surface area contributed by atoms with Gasteiger partial charge in [-0.25, -0.2) is 0 Å². The molecule has 186 valence electrons. The molecular weight excluding hydrogens is 446 g/mol. The van der Waals surface area contributed by atoms with Gasteiger partial charge in [0.1, 0.15) is 23.4 Å². The summed E-state index contributed by atoms with van der Waals surface area (Å²) in [4.78, 5) is 27.7. The van der Waals surface area contributed by atoms with E-state index in [4.69, 9.17) is 14.2 Å². The zero-order chi connectivity index (χ0) is 24.9. The van der Waals surface area contributed by atoms with E-state index in [0.717, 1.165) is 37.0 Å². The number of rotatable bonds is 10. The minimum absolute atomic E-state index is 0.0575. The number of amides is 1. The van der Waals surface area contributed by atoms with Gasteiger partial charge in [0.15, 0.2) is 0 Å². The topological polar surface area (TPSA) is 85.3 Å². The summed E-state index contributed by atoms with van der Waals surface area (Å²) in [6.45, 7) is 5.21. The van der Waals surface area contributed by atoms with Crippen molar-refractivity contribution in [1.82, 2.24) is 4.90 Å². The minimum atomic E-state index is -0.743. The largest absolute Gasteiger partial charge is 0.507 e. The lowest BCUT2D eigenvalue weighted by Gasteiger charge is -2.25. The number of ketones is 1. The number of aliphatic hydroxyl groups is 1. The summed E-state index contributed by atoms with van der Waals surface area (Å²) in [6, 6.07) is 12.0. The number of likely N-dealkylation sites (tertiary alicyclic amines) is 1. The van der Waals surface area contributed by atoms with E-state index in [1.807, 2.05) is 37.3 Å². The monoisotopic (exact) mass is 479 g/mol. The third-order valence-corrected chi connectivity index (χ3v) is 6.44. The predicted molar refractivity (Wildman–Crippen MR) is 133 cm³/mol. The maximum absolute atomic E-state index is 13.2. The second kappa shape index (κ2) is 11.0. The summed E-state index contributed by atoms with van der Waals surface area (Å²) >= 11 is 0. The number of benzene rings is 2. The van der Waals surface area contributed by atoms with Crippen molar-refractivity contribution in [2.24, 2.45) is 0 Å². The van der Waals surface area contributed by atoms with Gasteiger partial charge in [0.2, 0.25) is 0 Å². The van der Waals surface area contributed by atoms with Gasteiger partial charge in [-0.3, -0.25) is 9.59 Å². The van der Waals surface area contributed by atoms with Crippen LogP contribution in [-0.4, -0.2) is 54.7 Å². The van der Waals surface area contributed by atoms with Gasteiger partial charge in [-0.2, -0.15) is 0 Å². The fourth-order valence-electron chi connectivity index (χ4n) is 4.69. The molecule has 2 aromatic carbocycles. The molecule has 0 aliphatic carbocycles. The molecule has 0 unspecified atom stereocenters. The highest BCUT2D eigenvalue weighted by atomic mass is 16.5. The molecule has 2 atom stereocenters. The average molecular weight is 480 g/mol. The van der Waals surface area contributed by atoms with Crippen molar-refractivity contribution in [3.63, 3.8) is 0 Å². The van der Waals surface area contributed by atoms with Gasteiger partial charge in [-0.05, 0) is 54.8 Å². The molecule has 0 radical (unpaired) electrons. The number of carbonyl (C=O) groups is 2. The molecule has 1 fully saturated rings. The van der Waals surface area contributed by atoms with Crippen molar-refractivity contribution in [3.05, 3.63) is 64.7 Å². The zero-order valence-electron chi connectivity index (χ0n) is 20.6. The Balaban J connectivity index is 1.73. The Morgan fingerprint density at radius 2 is 1.97 bits per heavy atom. The smallest absolute Gasteiger partial charge is 0.295 e. The highest BCUT2D eigenvalue weighted by Gasteiger charge is 2.46. The number of hydrogen-bond donors (Lipinski definition) is 1. The Kier molecular flexibility index (Phi) is 7.76. The van der Waals surface area contributed by atoms with Crippen LogP contribution in [0.2, 0.25) is 0 Å². The van der Waals surface area contributed by atoms with Crippen LogP contribution in [0.1, 0.15) is 55.8 Å². The molecule has 0 aromatic heterocycles. The van der Waals surface area contributed by atoms with Crippen molar-refractivity contribution in [1.29, 1.82) is 0 Å². The summed E-state index contributed by atoms with van der Waals surface area (Å²) in [7, 11) is 1.55. The Morgan fingerprint density at radius 3 is 2.74 bits per heavy atom. The summed E-state index contributed by atoms with van der Waals surface area (Å²) in [5.41, 5.74) is 2.23. The maximum atomic E-state index is 13.2. The first-order valence-corrected chi connectivity index (χ1v) is 12.2. The Morgan fingerprint density at radius 1 is 1.14 bits per heavy atom. The molecule has 2 aliphatic heterocycles. The standard InChI is InChI=1S/C28H33NO6/c1-4-5-6-13-34-22-9-7-8-19(17-22)25-24(27(31)28(32)29(25)12-14-33-3)26(30)20-10-11-23-21(16-20)15-18(2)35-23/h7-11,16-18,25,30H,4-6,12-15H2,1-3H3/b26-24+/t18-,25+/m0/s1. The van der Waals surface area contributed by atoms with E-state index in [1.54, 1.807) is 19.2 Å².